The van der Waals surface area contributed by atoms with E-state index in [0.29, 0.717) is 23.0 Å². The number of hydrogen-bond acceptors (Lipinski definition) is 6. The smallest absolute Gasteiger partial charge is 0.324 e. The average molecular weight is 394 g/mol. The molecule has 2 N–H and O–H groups in total. The van der Waals surface area contributed by atoms with E-state index in [2.05, 4.69) is 25.9 Å². The van der Waals surface area contributed by atoms with Gasteiger partial charge in [0.1, 0.15) is 35.1 Å². The SMILES string of the molecule is Cn1nccc1NC(=O)Nc1ccc(Oc2ccnc(-c3ccon3)c2)cc1F. The zero-order chi connectivity index (χ0) is 20.2. The van der Waals surface area contributed by atoms with Gasteiger partial charge >= 0.3 is 6.03 Å². The zero-order valence-electron chi connectivity index (χ0n) is 15.2. The van der Waals surface area contributed by atoms with Gasteiger partial charge in [0, 0.05) is 37.5 Å². The summed E-state index contributed by atoms with van der Waals surface area (Å²) in [5, 5.41) is 12.8. The molecule has 3 heterocycles. The zero-order valence-corrected chi connectivity index (χ0v) is 15.2. The first-order valence-electron chi connectivity index (χ1n) is 8.49. The van der Waals surface area contributed by atoms with Gasteiger partial charge in [0.25, 0.3) is 0 Å². The summed E-state index contributed by atoms with van der Waals surface area (Å²) in [6.45, 7) is 0. The van der Waals surface area contributed by atoms with Crippen molar-refractivity contribution in [2.75, 3.05) is 10.6 Å². The minimum atomic E-state index is -0.645. The molecule has 10 heteroatoms. The fraction of sp³-hybridized carbons (Fsp3) is 0.0526. The molecular formula is C19H15FN6O3. The van der Waals surface area contributed by atoms with Crippen molar-refractivity contribution in [3.05, 3.63) is 66.9 Å². The molecular weight excluding hydrogens is 379 g/mol. The molecule has 0 atom stereocenters. The molecule has 29 heavy (non-hydrogen) atoms. The number of halogens is 1. The van der Waals surface area contributed by atoms with Crippen LogP contribution in [-0.4, -0.2) is 26.0 Å². The van der Waals surface area contributed by atoms with E-state index in [1.54, 1.807) is 43.6 Å². The van der Waals surface area contributed by atoms with Crippen molar-refractivity contribution in [2.45, 2.75) is 0 Å². The normalized spacial score (nSPS) is 10.6. The van der Waals surface area contributed by atoms with Gasteiger partial charge in [-0.2, -0.15) is 5.10 Å². The lowest BCUT2D eigenvalue weighted by molar-refractivity contribution is 0.262. The van der Waals surface area contributed by atoms with Crippen LogP contribution < -0.4 is 15.4 Å². The highest BCUT2D eigenvalue weighted by Gasteiger charge is 2.11. The maximum Gasteiger partial charge on any atom is 0.324 e. The predicted octanol–water partition coefficient (Wildman–Crippen LogP) is 4.05. The van der Waals surface area contributed by atoms with Gasteiger partial charge in [0.05, 0.1) is 17.6 Å². The van der Waals surface area contributed by atoms with Crippen molar-refractivity contribution < 1.29 is 18.4 Å². The molecule has 2 amide bonds. The van der Waals surface area contributed by atoms with Crippen LogP contribution in [0.25, 0.3) is 11.4 Å². The minimum Gasteiger partial charge on any atom is -0.457 e. The number of carbonyl (C=O) groups is 1. The summed E-state index contributed by atoms with van der Waals surface area (Å²) in [6.07, 6.45) is 4.53. The lowest BCUT2D eigenvalue weighted by atomic mass is 10.2. The Labute approximate surface area is 164 Å². The highest BCUT2D eigenvalue weighted by molar-refractivity contribution is 5.99. The molecule has 9 nitrogen and oxygen atoms in total. The first kappa shape index (κ1) is 18.2. The number of anilines is 2. The fourth-order valence-corrected chi connectivity index (χ4v) is 2.52. The van der Waals surface area contributed by atoms with Gasteiger partial charge in [-0.3, -0.25) is 15.0 Å². The molecule has 0 saturated carbocycles. The minimum absolute atomic E-state index is 0.00929. The van der Waals surface area contributed by atoms with Crippen LogP contribution in [0, 0.1) is 5.82 Å². The summed E-state index contributed by atoms with van der Waals surface area (Å²) >= 11 is 0. The number of hydrogen-bond donors (Lipinski definition) is 2. The molecule has 0 unspecified atom stereocenters. The van der Waals surface area contributed by atoms with E-state index < -0.39 is 11.8 Å². The second-order valence-electron chi connectivity index (χ2n) is 5.92. The number of rotatable bonds is 5. The van der Waals surface area contributed by atoms with Gasteiger partial charge < -0.3 is 14.6 Å². The van der Waals surface area contributed by atoms with Crippen molar-refractivity contribution in [2.24, 2.45) is 7.05 Å². The summed E-state index contributed by atoms with van der Waals surface area (Å²) < 4.78 is 26.4. The number of benzene rings is 1. The number of nitrogens with one attached hydrogen (secondary N) is 2. The molecule has 0 aliphatic carbocycles. The molecule has 0 spiro atoms. The monoisotopic (exact) mass is 394 g/mol. The number of carbonyl (C=O) groups excluding carboxylic acids is 1. The third-order valence-electron chi connectivity index (χ3n) is 3.92. The summed E-state index contributed by atoms with van der Waals surface area (Å²) in [4.78, 5) is 16.2. The molecule has 0 aliphatic rings. The fourth-order valence-electron chi connectivity index (χ4n) is 2.52. The van der Waals surface area contributed by atoms with Crippen LogP contribution in [0.3, 0.4) is 0 Å². The lowest BCUT2D eigenvalue weighted by Crippen LogP contribution is -2.21. The molecule has 0 fully saturated rings. The molecule has 4 rings (SSSR count). The maximum absolute atomic E-state index is 14.4. The topological polar surface area (TPSA) is 107 Å². The number of nitrogens with zero attached hydrogens (tertiary/aromatic N) is 4. The van der Waals surface area contributed by atoms with Gasteiger partial charge in [-0.05, 0) is 18.2 Å². The van der Waals surface area contributed by atoms with Crippen LogP contribution in [0.5, 0.6) is 11.5 Å². The van der Waals surface area contributed by atoms with Gasteiger partial charge in [-0.15, -0.1) is 0 Å². The molecule has 0 saturated heterocycles. The Morgan fingerprint density at radius 2 is 1.93 bits per heavy atom. The first-order valence-corrected chi connectivity index (χ1v) is 8.49. The second-order valence-corrected chi connectivity index (χ2v) is 5.92. The number of pyridine rings is 1. The van der Waals surface area contributed by atoms with Crippen molar-refractivity contribution >= 4 is 17.5 Å². The van der Waals surface area contributed by atoms with Crippen LogP contribution >= 0.6 is 0 Å². The second kappa shape index (κ2) is 7.80. The molecule has 0 radical (unpaired) electrons. The van der Waals surface area contributed by atoms with Gasteiger partial charge in [-0.1, -0.05) is 5.16 Å². The highest BCUT2D eigenvalue weighted by Crippen LogP contribution is 2.27. The summed E-state index contributed by atoms with van der Waals surface area (Å²) in [5.74, 6) is 0.543. The summed E-state index contributed by atoms with van der Waals surface area (Å²) in [6, 6.07) is 10.1. The van der Waals surface area contributed by atoms with E-state index in [4.69, 9.17) is 9.26 Å². The largest absolute Gasteiger partial charge is 0.457 e. The Kier molecular flexibility index (Phi) is 4.89. The number of amides is 2. The number of ether oxygens (including phenoxy) is 1. The molecule has 0 aliphatic heterocycles. The Morgan fingerprint density at radius 1 is 1.07 bits per heavy atom. The average Bonchev–Trinajstić information content (AvgIpc) is 3.37. The Morgan fingerprint density at radius 3 is 2.66 bits per heavy atom. The van der Waals surface area contributed by atoms with Crippen molar-refractivity contribution in [3.63, 3.8) is 0 Å². The molecule has 146 valence electrons. The third-order valence-corrected chi connectivity index (χ3v) is 3.92. The summed E-state index contributed by atoms with van der Waals surface area (Å²) in [7, 11) is 1.68. The number of aryl methyl sites for hydroxylation is 1. The Bertz CT molecular complexity index is 1140. The van der Waals surface area contributed by atoms with Crippen LogP contribution in [0.2, 0.25) is 0 Å². The number of urea groups is 1. The van der Waals surface area contributed by atoms with Gasteiger partial charge in [0.2, 0.25) is 0 Å². The number of aromatic nitrogens is 4. The third kappa shape index (κ3) is 4.21. The standard InChI is InChI=1S/C19H15FN6O3/c1-26-18(5-8-22-26)24-19(27)23-15-3-2-12(10-14(15)20)29-13-4-7-21-17(11-13)16-6-9-28-25-16/h2-11H,1H3,(H2,23,24,27). The van der Waals surface area contributed by atoms with E-state index in [1.807, 2.05) is 0 Å². The van der Waals surface area contributed by atoms with Gasteiger partial charge in [-0.25, -0.2) is 9.18 Å². The van der Waals surface area contributed by atoms with Crippen molar-refractivity contribution in [1.82, 2.24) is 19.9 Å². The van der Waals surface area contributed by atoms with Crippen LogP contribution in [0.4, 0.5) is 20.7 Å². The van der Waals surface area contributed by atoms with E-state index in [-0.39, 0.29) is 11.4 Å². The molecule has 1 aromatic carbocycles. The van der Waals surface area contributed by atoms with E-state index in [1.165, 1.54) is 29.3 Å². The molecule has 0 bridgehead atoms. The Hall–Kier alpha value is -4.21. The molecule has 4 aromatic rings. The lowest BCUT2D eigenvalue weighted by Gasteiger charge is -2.10. The van der Waals surface area contributed by atoms with Gasteiger partial charge in [0.15, 0.2) is 0 Å². The highest BCUT2D eigenvalue weighted by atomic mass is 19.1. The quantitative estimate of drug-likeness (QED) is 0.529. The van der Waals surface area contributed by atoms with Crippen molar-refractivity contribution in [3.8, 4) is 22.9 Å². The van der Waals surface area contributed by atoms with E-state index in [9.17, 15) is 9.18 Å². The van der Waals surface area contributed by atoms with Crippen LogP contribution in [-0.2, 0) is 7.05 Å². The predicted molar refractivity (Wildman–Crippen MR) is 102 cm³/mol. The van der Waals surface area contributed by atoms with Crippen molar-refractivity contribution in [1.29, 1.82) is 0 Å². The van der Waals surface area contributed by atoms with E-state index >= 15 is 0 Å². The summed E-state index contributed by atoms with van der Waals surface area (Å²) in [5.41, 5.74) is 1.12. The van der Waals surface area contributed by atoms with Crippen LogP contribution in [0.15, 0.2) is 65.6 Å². The maximum atomic E-state index is 14.4. The Balaban J connectivity index is 1.44. The van der Waals surface area contributed by atoms with E-state index in [0.717, 1.165) is 0 Å². The van der Waals surface area contributed by atoms with Crippen LogP contribution in [0.1, 0.15) is 0 Å². The molecule has 3 aromatic heterocycles. The first-order chi connectivity index (χ1) is 14.1.